The second-order valence-electron chi connectivity index (χ2n) is 6.79. The number of likely N-dealkylation sites (N-methyl/N-ethyl adjacent to an activating group) is 1. The van der Waals surface area contributed by atoms with Gasteiger partial charge in [-0.05, 0) is 49.5 Å². The van der Waals surface area contributed by atoms with Crippen LogP contribution in [0.5, 0.6) is 0 Å². The lowest BCUT2D eigenvalue weighted by molar-refractivity contribution is 0.0876. The summed E-state index contributed by atoms with van der Waals surface area (Å²) in [5.41, 5.74) is 1.76. The SMILES string of the molecule is CN1CCN(CC(=O)c2ccc(NC(=O)Nc3ccc(Cl)c(Cl)c3)cc2)CC1. The van der Waals surface area contributed by atoms with Crippen LogP contribution in [-0.4, -0.2) is 61.4 Å². The molecule has 2 aromatic rings. The predicted molar refractivity (Wildman–Crippen MR) is 114 cm³/mol. The third kappa shape index (κ3) is 5.69. The van der Waals surface area contributed by atoms with Crippen molar-refractivity contribution in [3.8, 4) is 0 Å². The third-order valence-electron chi connectivity index (χ3n) is 4.61. The fourth-order valence-corrected chi connectivity index (χ4v) is 3.21. The van der Waals surface area contributed by atoms with Gasteiger partial charge in [-0.3, -0.25) is 9.69 Å². The number of anilines is 2. The summed E-state index contributed by atoms with van der Waals surface area (Å²) in [7, 11) is 2.09. The van der Waals surface area contributed by atoms with Crippen molar-refractivity contribution in [3.63, 3.8) is 0 Å². The predicted octanol–water partition coefficient (Wildman–Crippen LogP) is 4.07. The molecule has 0 spiro atoms. The van der Waals surface area contributed by atoms with Crippen molar-refractivity contribution in [2.75, 3.05) is 50.4 Å². The highest BCUT2D eigenvalue weighted by Gasteiger charge is 2.17. The van der Waals surface area contributed by atoms with Crippen LogP contribution in [0.4, 0.5) is 16.2 Å². The van der Waals surface area contributed by atoms with Crippen LogP contribution >= 0.6 is 23.2 Å². The highest BCUT2D eigenvalue weighted by atomic mass is 35.5. The van der Waals surface area contributed by atoms with Gasteiger partial charge in [-0.1, -0.05) is 23.2 Å². The standard InChI is InChI=1S/C20H22Cl2N4O2/c1-25-8-10-26(11-9-25)13-19(27)14-2-4-15(5-3-14)23-20(28)24-16-6-7-17(21)18(22)12-16/h2-7,12H,8-11,13H2,1H3,(H2,23,24,28). The van der Waals surface area contributed by atoms with Gasteiger partial charge in [0.25, 0.3) is 0 Å². The van der Waals surface area contributed by atoms with Gasteiger partial charge in [0.05, 0.1) is 16.6 Å². The fourth-order valence-electron chi connectivity index (χ4n) is 2.91. The van der Waals surface area contributed by atoms with E-state index < -0.39 is 6.03 Å². The second-order valence-corrected chi connectivity index (χ2v) is 7.60. The molecule has 2 amide bonds. The second kappa shape index (κ2) is 9.39. The average Bonchev–Trinajstić information content (AvgIpc) is 2.67. The summed E-state index contributed by atoms with van der Waals surface area (Å²) in [5.74, 6) is 0.0800. The molecule has 1 heterocycles. The smallest absolute Gasteiger partial charge is 0.308 e. The molecular formula is C20H22Cl2N4O2. The molecule has 1 aliphatic heterocycles. The van der Waals surface area contributed by atoms with Crippen LogP contribution in [0, 0.1) is 0 Å². The van der Waals surface area contributed by atoms with E-state index in [1.165, 1.54) is 0 Å². The number of Topliss-reactive ketones (excluding diaryl/α,β-unsaturated/α-hetero) is 1. The number of amides is 2. The maximum atomic E-state index is 12.5. The van der Waals surface area contributed by atoms with Gasteiger partial charge in [-0.2, -0.15) is 0 Å². The Labute approximate surface area is 174 Å². The zero-order valence-corrected chi connectivity index (χ0v) is 17.1. The lowest BCUT2D eigenvalue weighted by Gasteiger charge is -2.31. The molecule has 2 N–H and O–H groups in total. The minimum Gasteiger partial charge on any atom is -0.308 e. The molecule has 3 rings (SSSR count). The van der Waals surface area contributed by atoms with Crippen LogP contribution in [0.2, 0.25) is 10.0 Å². The number of ketones is 1. The van der Waals surface area contributed by atoms with Crippen LogP contribution < -0.4 is 10.6 Å². The first-order valence-electron chi connectivity index (χ1n) is 8.98. The Balaban J connectivity index is 1.52. The van der Waals surface area contributed by atoms with Crippen LogP contribution in [0.25, 0.3) is 0 Å². The summed E-state index contributed by atoms with van der Waals surface area (Å²) in [5, 5.41) is 6.19. The van der Waals surface area contributed by atoms with Gasteiger partial charge in [-0.15, -0.1) is 0 Å². The number of hydrogen-bond acceptors (Lipinski definition) is 4. The molecule has 0 saturated carbocycles. The number of benzene rings is 2. The van der Waals surface area contributed by atoms with Crippen molar-refractivity contribution in [3.05, 3.63) is 58.1 Å². The van der Waals surface area contributed by atoms with Crippen molar-refractivity contribution in [2.24, 2.45) is 0 Å². The number of nitrogens with zero attached hydrogens (tertiary/aromatic N) is 2. The van der Waals surface area contributed by atoms with Gasteiger partial charge in [0.15, 0.2) is 5.78 Å². The third-order valence-corrected chi connectivity index (χ3v) is 5.34. The van der Waals surface area contributed by atoms with Gasteiger partial charge in [0.1, 0.15) is 0 Å². The van der Waals surface area contributed by atoms with Crippen molar-refractivity contribution in [1.82, 2.24) is 9.80 Å². The number of rotatable bonds is 5. The Morgan fingerprint density at radius 2 is 1.50 bits per heavy atom. The van der Waals surface area contributed by atoms with E-state index >= 15 is 0 Å². The first-order chi connectivity index (χ1) is 13.4. The summed E-state index contributed by atoms with van der Waals surface area (Å²) in [6, 6.07) is 11.3. The van der Waals surface area contributed by atoms with Gasteiger partial charge in [0, 0.05) is 43.1 Å². The quantitative estimate of drug-likeness (QED) is 0.715. The molecule has 1 fully saturated rings. The van der Waals surface area contributed by atoms with E-state index in [9.17, 15) is 9.59 Å². The first-order valence-corrected chi connectivity index (χ1v) is 9.73. The molecule has 2 aromatic carbocycles. The molecule has 0 unspecified atom stereocenters. The number of carbonyl (C=O) groups excluding carboxylic acids is 2. The molecule has 0 aromatic heterocycles. The van der Waals surface area contributed by atoms with Crippen molar-refractivity contribution in [1.29, 1.82) is 0 Å². The maximum absolute atomic E-state index is 12.5. The minimum absolute atomic E-state index is 0.0800. The number of nitrogens with one attached hydrogen (secondary N) is 2. The fraction of sp³-hybridized carbons (Fsp3) is 0.300. The Kier molecular flexibility index (Phi) is 6.91. The average molecular weight is 421 g/mol. The summed E-state index contributed by atoms with van der Waals surface area (Å²) in [6.07, 6.45) is 0. The molecule has 0 aliphatic carbocycles. The lowest BCUT2D eigenvalue weighted by atomic mass is 10.1. The van der Waals surface area contributed by atoms with E-state index in [4.69, 9.17) is 23.2 Å². The van der Waals surface area contributed by atoms with Crippen molar-refractivity contribution >= 4 is 46.4 Å². The number of hydrogen-bond donors (Lipinski definition) is 2. The Morgan fingerprint density at radius 1 is 0.893 bits per heavy atom. The van der Waals surface area contributed by atoms with E-state index in [0.717, 1.165) is 26.2 Å². The zero-order valence-electron chi connectivity index (χ0n) is 15.5. The van der Waals surface area contributed by atoms with Crippen LogP contribution in [0.3, 0.4) is 0 Å². The van der Waals surface area contributed by atoms with Gasteiger partial charge in [-0.25, -0.2) is 4.79 Å². The Hall–Kier alpha value is -2.12. The molecule has 1 saturated heterocycles. The molecule has 8 heteroatoms. The Morgan fingerprint density at radius 3 is 2.14 bits per heavy atom. The molecule has 0 atom stereocenters. The zero-order chi connectivity index (χ0) is 20.1. The topological polar surface area (TPSA) is 64.7 Å². The summed E-state index contributed by atoms with van der Waals surface area (Å²) in [6.45, 7) is 4.17. The highest BCUT2D eigenvalue weighted by molar-refractivity contribution is 6.42. The summed E-state index contributed by atoms with van der Waals surface area (Å²) < 4.78 is 0. The maximum Gasteiger partial charge on any atom is 0.323 e. The van der Waals surface area contributed by atoms with E-state index in [0.29, 0.717) is 33.5 Å². The van der Waals surface area contributed by atoms with Crippen LogP contribution in [0.1, 0.15) is 10.4 Å². The van der Waals surface area contributed by atoms with Gasteiger partial charge in [0.2, 0.25) is 0 Å². The minimum atomic E-state index is -0.407. The van der Waals surface area contributed by atoms with Crippen molar-refractivity contribution in [2.45, 2.75) is 0 Å². The molecule has 6 nitrogen and oxygen atoms in total. The van der Waals surface area contributed by atoms with E-state index in [1.54, 1.807) is 42.5 Å². The van der Waals surface area contributed by atoms with E-state index in [2.05, 4.69) is 27.5 Å². The molecular weight excluding hydrogens is 399 g/mol. The monoisotopic (exact) mass is 420 g/mol. The van der Waals surface area contributed by atoms with Gasteiger partial charge < -0.3 is 15.5 Å². The number of halogens is 2. The van der Waals surface area contributed by atoms with Crippen LogP contribution in [-0.2, 0) is 0 Å². The molecule has 28 heavy (non-hydrogen) atoms. The van der Waals surface area contributed by atoms with Gasteiger partial charge >= 0.3 is 6.03 Å². The molecule has 0 bridgehead atoms. The number of piperazine rings is 1. The highest BCUT2D eigenvalue weighted by Crippen LogP contribution is 2.25. The van der Waals surface area contributed by atoms with Crippen molar-refractivity contribution < 1.29 is 9.59 Å². The summed E-state index contributed by atoms with van der Waals surface area (Å²) >= 11 is 11.8. The van der Waals surface area contributed by atoms with E-state index in [-0.39, 0.29) is 5.78 Å². The number of carbonyl (C=O) groups is 2. The van der Waals surface area contributed by atoms with E-state index in [1.807, 2.05) is 0 Å². The largest absolute Gasteiger partial charge is 0.323 e. The summed E-state index contributed by atoms with van der Waals surface area (Å²) in [4.78, 5) is 29.0. The molecule has 1 aliphatic rings. The molecule has 0 radical (unpaired) electrons. The first kappa shape index (κ1) is 20.6. The molecule has 148 valence electrons. The number of urea groups is 1. The Bertz CT molecular complexity index is 850. The normalized spacial score (nSPS) is 15.2. The lowest BCUT2D eigenvalue weighted by Crippen LogP contribution is -2.46. The van der Waals surface area contributed by atoms with Crippen LogP contribution in [0.15, 0.2) is 42.5 Å².